The van der Waals surface area contributed by atoms with Gasteiger partial charge in [-0.1, -0.05) is 62.6 Å². The molecular weight excluding hydrogens is 482 g/mol. The van der Waals surface area contributed by atoms with E-state index in [0.29, 0.717) is 18.0 Å². The fourth-order valence-electron chi connectivity index (χ4n) is 3.73. The van der Waals surface area contributed by atoms with Crippen molar-refractivity contribution >= 4 is 38.6 Å². The van der Waals surface area contributed by atoms with Crippen LogP contribution in [-0.2, 0) is 16.6 Å². The van der Waals surface area contributed by atoms with Crippen LogP contribution >= 0.6 is 11.6 Å². The Kier molecular flexibility index (Phi) is 9.36. The first kappa shape index (κ1) is 26.8. The lowest BCUT2D eigenvalue weighted by molar-refractivity contribution is 0.0981. The van der Waals surface area contributed by atoms with Gasteiger partial charge in [-0.15, -0.1) is 0 Å². The van der Waals surface area contributed by atoms with Crippen molar-refractivity contribution in [1.29, 1.82) is 0 Å². The monoisotopic (exact) mass is 513 g/mol. The highest BCUT2D eigenvalue weighted by Crippen LogP contribution is 2.24. The van der Waals surface area contributed by atoms with Crippen LogP contribution in [0.25, 0.3) is 11.0 Å². The van der Waals surface area contributed by atoms with Gasteiger partial charge in [-0.25, -0.2) is 18.1 Å². The second-order valence-corrected chi connectivity index (χ2v) is 10.9. The molecule has 0 saturated heterocycles. The molecule has 0 aliphatic heterocycles. The number of hydrogen-bond donors (Lipinski definition) is 1. The molecule has 3 aromatic rings. The summed E-state index contributed by atoms with van der Waals surface area (Å²) in [6, 6.07) is 10.8. The first-order valence-corrected chi connectivity index (χ1v) is 14.1. The van der Waals surface area contributed by atoms with Crippen molar-refractivity contribution in [3.63, 3.8) is 0 Å². The SMILES string of the molecule is CCCCC#Cc1ccc(Cn2c(C)nc3ccc(C(=O)NS(=O)(=O)CCCCC)cc32)c(Cl)c1. The van der Waals surface area contributed by atoms with Crippen molar-refractivity contribution in [3.05, 3.63) is 63.9 Å². The molecule has 1 heterocycles. The maximum absolute atomic E-state index is 12.7. The molecule has 1 amide bonds. The van der Waals surface area contributed by atoms with Gasteiger partial charge in [0.25, 0.3) is 5.91 Å². The first-order chi connectivity index (χ1) is 16.7. The van der Waals surface area contributed by atoms with Gasteiger partial charge in [0.15, 0.2) is 0 Å². The molecular formula is C27H32ClN3O3S. The number of hydrogen-bond acceptors (Lipinski definition) is 4. The second kappa shape index (κ2) is 12.2. The van der Waals surface area contributed by atoms with Gasteiger partial charge >= 0.3 is 0 Å². The third-order valence-electron chi connectivity index (χ3n) is 5.74. The normalized spacial score (nSPS) is 11.3. The summed E-state index contributed by atoms with van der Waals surface area (Å²) in [6.07, 6.45) is 5.29. The van der Waals surface area contributed by atoms with Crippen molar-refractivity contribution < 1.29 is 13.2 Å². The van der Waals surface area contributed by atoms with Crippen molar-refractivity contribution in [2.75, 3.05) is 5.75 Å². The summed E-state index contributed by atoms with van der Waals surface area (Å²) in [5.41, 5.74) is 3.50. The molecule has 186 valence electrons. The largest absolute Gasteiger partial charge is 0.324 e. The molecule has 3 rings (SSSR count). The summed E-state index contributed by atoms with van der Waals surface area (Å²) in [7, 11) is -3.68. The number of halogens is 1. The summed E-state index contributed by atoms with van der Waals surface area (Å²) < 4.78 is 28.7. The predicted octanol–water partition coefficient (Wildman–Crippen LogP) is 5.84. The second-order valence-electron chi connectivity index (χ2n) is 8.62. The van der Waals surface area contributed by atoms with Gasteiger partial charge < -0.3 is 4.57 Å². The molecule has 0 radical (unpaired) electrons. The zero-order chi connectivity index (χ0) is 25.4. The number of imidazole rings is 1. The van der Waals surface area contributed by atoms with E-state index in [2.05, 4.69) is 28.5 Å². The zero-order valence-electron chi connectivity index (χ0n) is 20.5. The first-order valence-electron chi connectivity index (χ1n) is 12.0. The van der Waals surface area contributed by atoms with Gasteiger partial charge in [0.05, 0.1) is 23.3 Å². The Hall–Kier alpha value is -2.82. The highest BCUT2D eigenvalue weighted by molar-refractivity contribution is 7.90. The van der Waals surface area contributed by atoms with Gasteiger partial charge in [0.1, 0.15) is 5.82 Å². The maximum Gasteiger partial charge on any atom is 0.264 e. The quantitative estimate of drug-likeness (QED) is 0.273. The van der Waals surface area contributed by atoms with Crippen LogP contribution in [0.4, 0.5) is 0 Å². The Labute approximate surface area is 213 Å². The summed E-state index contributed by atoms with van der Waals surface area (Å²) >= 11 is 6.56. The number of carbonyl (C=O) groups excluding carboxylic acids is 1. The highest BCUT2D eigenvalue weighted by atomic mass is 35.5. The molecule has 0 unspecified atom stereocenters. The summed E-state index contributed by atoms with van der Waals surface area (Å²) in [5, 5.41) is 0.612. The van der Waals surface area contributed by atoms with E-state index in [0.717, 1.165) is 60.1 Å². The predicted molar refractivity (Wildman–Crippen MR) is 142 cm³/mol. The van der Waals surface area contributed by atoms with E-state index in [1.165, 1.54) is 0 Å². The van der Waals surface area contributed by atoms with Crippen LogP contribution in [0.2, 0.25) is 5.02 Å². The number of rotatable bonds is 10. The maximum atomic E-state index is 12.7. The molecule has 1 N–H and O–H groups in total. The Balaban J connectivity index is 1.82. The minimum Gasteiger partial charge on any atom is -0.324 e. The molecule has 6 nitrogen and oxygen atoms in total. The number of nitrogens with one attached hydrogen (secondary N) is 1. The molecule has 0 aliphatic rings. The Morgan fingerprint density at radius 1 is 1.09 bits per heavy atom. The third-order valence-corrected chi connectivity index (χ3v) is 7.41. The van der Waals surface area contributed by atoms with Crippen LogP contribution in [0.3, 0.4) is 0 Å². The molecule has 0 bridgehead atoms. The summed E-state index contributed by atoms with van der Waals surface area (Å²) in [6.45, 7) is 6.49. The molecule has 8 heteroatoms. The minimum atomic E-state index is -3.68. The highest BCUT2D eigenvalue weighted by Gasteiger charge is 2.18. The lowest BCUT2D eigenvalue weighted by Gasteiger charge is -2.10. The van der Waals surface area contributed by atoms with E-state index in [-0.39, 0.29) is 11.3 Å². The lowest BCUT2D eigenvalue weighted by atomic mass is 10.1. The number of sulfonamides is 1. The van der Waals surface area contributed by atoms with E-state index in [1.807, 2.05) is 36.6 Å². The summed E-state index contributed by atoms with van der Waals surface area (Å²) in [5.74, 6) is 6.39. The van der Waals surface area contributed by atoms with Crippen molar-refractivity contribution in [1.82, 2.24) is 14.3 Å². The molecule has 0 aliphatic carbocycles. The number of unbranched alkanes of at least 4 members (excludes halogenated alkanes) is 4. The molecule has 0 fully saturated rings. The van der Waals surface area contributed by atoms with Gasteiger partial charge in [-0.2, -0.15) is 0 Å². The Morgan fingerprint density at radius 2 is 1.86 bits per heavy atom. The van der Waals surface area contributed by atoms with Gasteiger partial charge in [0.2, 0.25) is 10.0 Å². The van der Waals surface area contributed by atoms with E-state index in [1.54, 1.807) is 18.2 Å². The van der Waals surface area contributed by atoms with Crippen LogP contribution < -0.4 is 4.72 Å². The van der Waals surface area contributed by atoms with E-state index < -0.39 is 15.9 Å². The number of nitrogens with zero attached hydrogens (tertiary/aromatic N) is 2. The minimum absolute atomic E-state index is 0.0661. The number of aromatic nitrogens is 2. The lowest BCUT2D eigenvalue weighted by Crippen LogP contribution is -2.32. The van der Waals surface area contributed by atoms with Crippen LogP contribution in [0.15, 0.2) is 36.4 Å². The van der Waals surface area contributed by atoms with E-state index >= 15 is 0 Å². The van der Waals surface area contributed by atoms with Crippen molar-refractivity contribution in [2.45, 2.75) is 65.8 Å². The fraction of sp³-hybridized carbons (Fsp3) is 0.407. The van der Waals surface area contributed by atoms with Gasteiger partial charge in [0, 0.05) is 22.6 Å². The molecule has 0 spiro atoms. The van der Waals surface area contributed by atoms with Gasteiger partial charge in [-0.3, -0.25) is 4.79 Å². The Morgan fingerprint density at radius 3 is 2.57 bits per heavy atom. The van der Waals surface area contributed by atoms with E-state index in [4.69, 9.17) is 11.6 Å². The zero-order valence-corrected chi connectivity index (χ0v) is 22.1. The average Bonchev–Trinajstić information content (AvgIpc) is 3.12. The van der Waals surface area contributed by atoms with Crippen molar-refractivity contribution in [2.24, 2.45) is 0 Å². The van der Waals surface area contributed by atoms with Crippen LogP contribution in [0, 0.1) is 18.8 Å². The average molecular weight is 514 g/mol. The molecule has 1 aromatic heterocycles. The number of fused-ring (bicyclic) bond motifs is 1. The molecule has 0 atom stereocenters. The molecule has 0 saturated carbocycles. The van der Waals surface area contributed by atoms with Crippen molar-refractivity contribution in [3.8, 4) is 11.8 Å². The topological polar surface area (TPSA) is 81.1 Å². The van der Waals surface area contributed by atoms with E-state index in [9.17, 15) is 13.2 Å². The van der Waals surface area contributed by atoms with Crippen LogP contribution in [0.1, 0.15) is 79.7 Å². The van der Waals surface area contributed by atoms with Crippen LogP contribution in [-0.4, -0.2) is 29.6 Å². The number of benzene rings is 2. The number of aryl methyl sites for hydroxylation is 1. The van der Waals surface area contributed by atoms with Gasteiger partial charge in [-0.05, 0) is 55.7 Å². The van der Waals surface area contributed by atoms with Crippen LogP contribution in [0.5, 0.6) is 0 Å². The third kappa shape index (κ3) is 7.33. The molecule has 2 aromatic carbocycles. The molecule has 35 heavy (non-hydrogen) atoms. The Bertz CT molecular complexity index is 1370. The summed E-state index contributed by atoms with van der Waals surface area (Å²) in [4.78, 5) is 17.3. The number of carbonyl (C=O) groups is 1. The smallest absolute Gasteiger partial charge is 0.264 e. The fourth-order valence-corrected chi connectivity index (χ4v) is 5.06. The standard InChI is InChI=1S/C27H32ClN3O3S/c1-4-6-8-9-11-21-12-13-23(24(28)17-21)19-31-20(3)29-25-15-14-22(18-26(25)31)27(32)30-35(33,34)16-10-7-5-2/h12-15,17-18H,4-8,10,16,19H2,1-3H3,(H,30,32). The number of amides is 1.